The highest BCUT2D eigenvalue weighted by molar-refractivity contribution is 5.07. The van der Waals surface area contributed by atoms with Crippen LogP contribution in [0.1, 0.15) is 55.7 Å². The van der Waals surface area contributed by atoms with Crippen molar-refractivity contribution < 1.29 is 0 Å². The van der Waals surface area contributed by atoms with Gasteiger partial charge >= 0.3 is 0 Å². The average Bonchev–Trinajstić information content (AvgIpc) is 3.09. The first-order valence-corrected chi connectivity index (χ1v) is 7.51. The Balaban J connectivity index is 1.66. The van der Waals surface area contributed by atoms with E-state index < -0.39 is 0 Å². The number of nitrogens with two attached hydrogens (primary N) is 1. The van der Waals surface area contributed by atoms with Gasteiger partial charge in [0.15, 0.2) is 0 Å². The van der Waals surface area contributed by atoms with Crippen LogP contribution >= 0.6 is 0 Å². The first-order valence-electron chi connectivity index (χ1n) is 7.51. The second-order valence-corrected chi connectivity index (χ2v) is 5.79. The van der Waals surface area contributed by atoms with E-state index in [1.165, 1.54) is 32.1 Å². The van der Waals surface area contributed by atoms with Crippen LogP contribution in [0.2, 0.25) is 0 Å². The van der Waals surface area contributed by atoms with Gasteiger partial charge in [0.2, 0.25) is 0 Å². The topological polar surface area (TPSA) is 61.7 Å². The van der Waals surface area contributed by atoms with Crippen LogP contribution < -0.4 is 5.73 Å². The van der Waals surface area contributed by atoms with Crippen LogP contribution in [0.15, 0.2) is 24.7 Å². The van der Waals surface area contributed by atoms with Gasteiger partial charge in [-0.25, -0.2) is 4.98 Å². The van der Waals surface area contributed by atoms with E-state index in [-0.39, 0.29) is 6.04 Å². The zero-order valence-electron chi connectivity index (χ0n) is 12.1. The van der Waals surface area contributed by atoms with Crippen molar-refractivity contribution in [2.24, 2.45) is 12.8 Å². The summed E-state index contributed by atoms with van der Waals surface area (Å²) in [6, 6.07) is 2.59. The maximum atomic E-state index is 6.23. The van der Waals surface area contributed by atoms with Gasteiger partial charge in [0.25, 0.3) is 0 Å². The average molecular weight is 273 g/mol. The molecule has 0 amide bonds. The van der Waals surface area contributed by atoms with Crippen LogP contribution in [0.5, 0.6) is 0 Å². The van der Waals surface area contributed by atoms with Crippen LogP contribution in [0.4, 0.5) is 0 Å². The van der Waals surface area contributed by atoms with Gasteiger partial charge in [-0.05, 0) is 18.9 Å². The summed E-state index contributed by atoms with van der Waals surface area (Å²) in [5.74, 6) is 0.914. The molecule has 1 aliphatic carbocycles. The molecule has 1 fully saturated rings. The zero-order chi connectivity index (χ0) is 13.9. The second kappa shape index (κ2) is 5.79. The standard InChI is InChI=1S/C15H23N5/c1-19-10-8-17-15(19)14(16)11-12-7-9-20(18-12)13-5-3-2-4-6-13/h7-10,13-14H,2-6,11,16H2,1H3. The molecule has 2 N–H and O–H groups in total. The monoisotopic (exact) mass is 273 g/mol. The molecule has 3 rings (SSSR count). The Morgan fingerprint density at radius 1 is 1.30 bits per heavy atom. The molecule has 0 spiro atoms. The highest BCUT2D eigenvalue weighted by Gasteiger charge is 2.17. The number of aromatic nitrogens is 4. The third kappa shape index (κ3) is 2.77. The fourth-order valence-electron chi connectivity index (χ4n) is 3.09. The van der Waals surface area contributed by atoms with Crippen LogP contribution in [0.25, 0.3) is 0 Å². The molecule has 1 saturated carbocycles. The number of rotatable bonds is 4. The van der Waals surface area contributed by atoms with Gasteiger partial charge < -0.3 is 10.3 Å². The quantitative estimate of drug-likeness (QED) is 0.930. The third-order valence-electron chi connectivity index (χ3n) is 4.23. The number of hydrogen-bond donors (Lipinski definition) is 1. The fraction of sp³-hybridized carbons (Fsp3) is 0.600. The van der Waals surface area contributed by atoms with E-state index >= 15 is 0 Å². The Kier molecular flexibility index (Phi) is 3.87. The predicted octanol–water partition coefficient (Wildman–Crippen LogP) is 2.36. The van der Waals surface area contributed by atoms with Crippen molar-refractivity contribution in [2.45, 2.75) is 50.6 Å². The Morgan fingerprint density at radius 3 is 2.80 bits per heavy atom. The van der Waals surface area contributed by atoms with Crippen molar-refractivity contribution in [2.75, 3.05) is 0 Å². The minimum atomic E-state index is -0.0929. The van der Waals surface area contributed by atoms with E-state index in [0.29, 0.717) is 6.04 Å². The van der Waals surface area contributed by atoms with Gasteiger partial charge in [-0.1, -0.05) is 19.3 Å². The van der Waals surface area contributed by atoms with E-state index in [0.717, 1.165) is 17.9 Å². The van der Waals surface area contributed by atoms with Gasteiger partial charge in [-0.15, -0.1) is 0 Å². The molecule has 0 radical (unpaired) electrons. The molecular formula is C15H23N5. The molecule has 2 heterocycles. The van der Waals surface area contributed by atoms with Crippen molar-refractivity contribution in [1.82, 2.24) is 19.3 Å². The lowest BCUT2D eigenvalue weighted by molar-refractivity contribution is 0.327. The Morgan fingerprint density at radius 2 is 2.10 bits per heavy atom. The summed E-state index contributed by atoms with van der Waals surface area (Å²) in [4.78, 5) is 4.31. The lowest BCUT2D eigenvalue weighted by Crippen LogP contribution is -2.18. The second-order valence-electron chi connectivity index (χ2n) is 5.79. The molecule has 0 aromatic carbocycles. The summed E-state index contributed by atoms with van der Waals surface area (Å²) in [7, 11) is 1.98. The molecule has 2 aromatic heterocycles. The van der Waals surface area contributed by atoms with E-state index in [4.69, 9.17) is 10.8 Å². The summed E-state index contributed by atoms with van der Waals surface area (Å²) in [6.45, 7) is 0. The molecule has 1 unspecified atom stereocenters. The summed E-state index contributed by atoms with van der Waals surface area (Å²) in [5, 5.41) is 4.71. The summed E-state index contributed by atoms with van der Waals surface area (Å²) in [5.41, 5.74) is 7.29. The third-order valence-corrected chi connectivity index (χ3v) is 4.23. The molecule has 108 valence electrons. The van der Waals surface area contributed by atoms with Crippen LogP contribution in [0, 0.1) is 0 Å². The van der Waals surface area contributed by atoms with Crippen LogP contribution in [-0.2, 0) is 13.5 Å². The lowest BCUT2D eigenvalue weighted by Gasteiger charge is -2.21. The number of hydrogen-bond acceptors (Lipinski definition) is 3. The molecule has 1 aliphatic rings. The van der Waals surface area contributed by atoms with Gasteiger partial charge in [0.05, 0.1) is 17.8 Å². The van der Waals surface area contributed by atoms with Gasteiger partial charge in [0.1, 0.15) is 5.82 Å². The van der Waals surface area contributed by atoms with Crippen LogP contribution in [0.3, 0.4) is 0 Å². The first-order chi connectivity index (χ1) is 9.74. The molecular weight excluding hydrogens is 250 g/mol. The number of aryl methyl sites for hydroxylation is 1. The molecule has 0 aliphatic heterocycles. The van der Waals surface area contributed by atoms with E-state index in [2.05, 4.69) is 21.9 Å². The minimum Gasteiger partial charge on any atom is -0.337 e. The highest BCUT2D eigenvalue weighted by Crippen LogP contribution is 2.27. The normalized spacial score (nSPS) is 18.3. The largest absolute Gasteiger partial charge is 0.337 e. The molecule has 1 atom stereocenters. The molecule has 5 heteroatoms. The molecule has 5 nitrogen and oxygen atoms in total. The molecule has 2 aromatic rings. The SMILES string of the molecule is Cn1ccnc1C(N)Cc1ccn(C2CCCCC2)n1. The first kappa shape index (κ1) is 13.4. The lowest BCUT2D eigenvalue weighted by atomic mass is 9.96. The van der Waals surface area contributed by atoms with Crippen LogP contribution in [-0.4, -0.2) is 19.3 Å². The fourth-order valence-corrected chi connectivity index (χ4v) is 3.09. The van der Waals surface area contributed by atoms with E-state index in [1.54, 1.807) is 6.20 Å². The van der Waals surface area contributed by atoms with Gasteiger partial charge in [0, 0.05) is 32.1 Å². The van der Waals surface area contributed by atoms with Gasteiger partial charge in [-0.3, -0.25) is 4.68 Å². The predicted molar refractivity (Wildman–Crippen MR) is 78.2 cm³/mol. The van der Waals surface area contributed by atoms with Crippen molar-refractivity contribution in [3.8, 4) is 0 Å². The Labute approximate surface area is 119 Å². The van der Waals surface area contributed by atoms with Crippen molar-refractivity contribution in [3.63, 3.8) is 0 Å². The highest BCUT2D eigenvalue weighted by atomic mass is 15.3. The van der Waals surface area contributed by atoms with Crippen molar-refractivity contribution in [1.29, 1.82) is 0 Å². The number of imidazole rings is 1. The Hall–Kier alpha value is -1.62. The number of nitrogens with zero attached hydrogens (tertiary/aromatic N) is 4. The maximum absolute atomic E-state index is 6.23. The van der Waals surface area contributed by atoms with Gasteiger partial charge in [-0.2, -0.15) is 5.10 Å². The smallest absolute Gasteiger partial charge is 0.125 e. The Bertz CT molecular complexity index is 550. The van der Waals surface area contributed by atoms with E-state index in [9.17, 15) is 0 Å². The summed E-state index contributed by atoms with van der Waals surface area (Å²) < 4.78 is 4.11. The summed E-state index contributed by atoms with van der Waals surface area (Å²) in [6.07, 6.45) is 13.1. The molecule has 20 heavy (non-hydrogen) atoms. The van der Waals surface area contributed by atoms with Crippen molar-refractivity contribution in [3.05, 3.63) is 36.2 Å². The zero-order valence-corrected chi connectivity index (χ0v) is 12.1. The molecule has 0 saturated heterocycles. The van der Waals surface area contributed by atoms with Crippen molar-refractivity contribution >= 4 is 0 Å². The molecule has 0 bridgehead atoms. The minimum absolute atomic E-state index is 0.0929. The maximum Gasteiger partial charge on any atom is 0.125 e. The van der Waals surface area contributed by atoms with E-state index in [1.807, 2.05) is 17.8 Å². The summed E-state index contributed by atoms with van der Waals surface area (Å²) >= 11 is 0.